The SMILES string of the molecule is CN=C(C1=C(N)CC/C(=C\N(C)C)C1=O)C(C)(C)C. The number of ketones is 1. The first-order valence-electron chi connectivity index (χ1n) is 6.56. The van der Waals surface area contributed by atoms with Crippen LogP contribution in [-0.4, -0.2) is 37.5 Å². The van der Waals surface area contributed by atoms with Crippen molar-refractivity contribution in [3.8, 4) is 0 Å². The van der Waals surface area contributed by atoms with Gasteiger partial charge in [0.05, 0.1) is 11.3 Å². The molecule has 2 N–H and O–H groups in total. The monoisotopic (exact) mass is 263 g/mol. The quantitative estimate of drug-likeness (QED) is 0.613. The first-order chi connectivity index (χ1) is 8.68. The van der Waals surface area contributed by atoms with E-state index >= 15 is 0 Å². The molecule has 0 bridgehead atoms. The fourth-order valence-corrected chi connectivity index (χ4v) is 2.33. The molecule has 0 spiro atoms. The molecule has 0 aromatic rings. The predicted octanol–water partition coefficient (Wildman–Crippen LogP) is 2.12. The average molecular weight is 263 g/mol. The number of aliphatic imine (C=N–C) groups is 1. The van der Waals surface area contributed by atoms with Gasteiger partial charge in [0, 0.05) is 44.0 Å². The number of carbonyl (C=O) groups is 1. The number of carbonyl (C=O) groups excluding carboxylic acids is 1. The lowest BCUT2D eigenvalue weighted by atomic mass is 9.78. The largest absolute Gasteiger partial charge is 0.401 e. The Kier molecular flexibility index (Phi) is 4.56. The Bertz CT molecular complexity index is 462. The normalized spacial score (nSPS) is 20.2. The summed E-state index contributed by atoms with van der Waals surface area (Å²) in [5.74, 6) is 0.0213. The molecular weight excluding hydrogens is 238 g/mol. The van der Waals surface area contributed by atoms with Crippen molar-refractivity contribution in [2.75, 3.05) is 21.1 Å². The molecule has 0 aromatic carbocycles. The molecule has 4 nitrogen and oxygen atoms in total. The van der Waals surface area contributed by atoms with Crippen molar-refractivity contribution in [1.29, 1.82) is 0 Å². The molecule has 0 saturated carbocycles. The minimum absolute atomic E-state index is 0.0213. The maximum atomic E-state index is 12.6. The number of allylic oxidation sites excluding steroid dienone is 3. The molecular formula is C15H25N3O. The summed E-state index contributed by atoms with van der Waals surface area (Å²) in [4.78, 5) is 18.8. The Hall–Kier alpha value is -1.58. The lowest BCUT2D eigenvalue weighted by molar-refractivity contribution is -0.112. The molecule has 4 heteroatoms. The second-order valence-electron chi connectivity index (χ2n) is 6.17. The van der Waals surface area contributed by atoms with Gasteiger partial charge in [-0.05, 0) is 12.8 Å². The Morgan fingerprint density at radius 2 is 1.89 bits per heavy atom. The second kappa shape index (κ2) is 5.59. The zero-order valence-corrected chi connectivity index (χ0v) is 12.9. The molecule has 106 valence electrons. The van der Waals surface area contributed by atoms with Gasteiger partial charge < -0.3 is 10.6 Å². The number of Topliss-reactive ketones (excluding diaryl/α,β-unsaturated/α-hetero) is 1. The lowest BCUT2D eigenvalue weighted by Crippen LogP contribution is -2.32. The maximum Gasteiger partial charge on any atom is 0.194 e. The van der Waals surface area contributed by atoms with Gasteiger partial charge in [0.2, 0.25) is 0 Å². The molecule has 1 rings (SSSR count). The van der Waals surface area contributed by atoms with Gasteiger partial charge in [0.1, 0.15) is 0 Å². The molecule has 1 aliphatic rings. The van der Waals surface area contributed by atoms with Crippen LogP contribution >= 0.6 is 0 Å². The van der Waals surface area contributed by atoms with E-state index in [1.165, 1.54) is 0 Å². The van der Waals surface area contributed by atoms with Gasteiger partial charge in [-0.15, -0.1) is 0 Å². The molecule has 19 heavy (non-hydrogen) atoms. The van der Waals surface area contributed by atoms with Crippen molar-refractivity contribution in [2.45, 2.75) is 33.6 Å². The summed E-state index contributed by atoms with van der Waals surface area (Å²) in [6.45, 7) is 6.15. The average Bonchev–Trinajstić information content (AvgIpc) is 2.26. The van der Waals surface area contributed by atoms with Crippen LogP contribution in [0.2, 0.25) is 0 Å². The van der Waals surface area contributed by atoms with Crippen molar-refractivity contribution >= 4 is 11.5 Å². The zero-order chi connectivity index (χ0) is 14.8. The van der Waals surface area contributed by atoms with Crippen LogP contribution in [0.5, 0.6) is 0 Å². The summed E-state index contributed by atoms with van der Waals surface area (Å²) in [6.07, 6.45) is 3.30. The van der Waals surface area contributed by atoms with Crippen LogP contribution in [0, 0.1) is 5.41 Å². The molecule has 0 aliphatic heterocycles. The highest BCUT2D eigenvalue weighted by Crippen LogP contribution is 2.30. The third-order valence-electron chi connectivity index (χ3n) is 3.09. The highest BCUT2D eigenvalue weighted by molar-refractivity contribution is 6.29. The topological polar surface area (TPSA) is 58.7 Å². The first kappa shape index (κ1) is 15.5. The van der Waals surface area contributed by atoms with Gasteiger partial charge in [-0.1, -0.05) is 20.8 Å². The van der Waals surface area contributed by atoms with E-state index in [9.17, 15) is 4.79 Å². The third-order valence-corrected chi connectivity index (χ3v) is 3.09. The molecule has 0 atom stereocenters. The van der Waals surface area contributed by atoms with Gasteiger partial charge in [0.25, 0.3) is 0 Å². The minimum Gasteiger partial charge on any atom is -0.401 e. The highest BCUT2D eigenvalue weighted by atomic mass is 16.1. The predicted molar refractivity (Wildman–Crippen MR) is 80.0 cm³/mol. The minimum atomic E-state index is -0.190. The van der Waals surface area contributed by atoms with Crippen molar-refractivity contribution < 1.29 is 4.79 Å². The molecule has 0 amide bonds. The lowest BCUT2D eigenvalue weighted by Gasteiger charge is -2.28. The Morgan fingerprint density at radius 3 is 2.32 bits per heavy atom. The Labute approximate surface area is 116 Å². The number of hydrogen-bond acceptors (Lipinski definition) is 4. The van der Waals surface area contributed by atoms with Gasteiger partial charge in [-0.3, -0.25) is 9.79 Å². The van der Waals surface area contributed by atoms with Crippen molar-refractivity contribution in [1.82, 2.24) is 4.90 Å². The smallest absolute Gasteiger partial charge is 0.194 e. The second-order valence-corrected chi connectivity index (χ2v) is 6.17. The van der Waals surface area contributed by atoms with Gasteiger partial charge in [0.15, 0.2) is 5.78 Å². The van der Waals surface area contributed by atoms with Crippen LogP contribution in [0.25, 0.3) is 0 Å². The molecule has 0 radical (unpaired) electrons. The van der Waals surface area contributed by atoms with Crippen LogP contribution in [-0.2, 0) is 4.79 Å². The van der Waals surface area contributed by atoms with E-state index in [1.807, 2.05) is 46.0 Å². The van der Waals surface area contributed by atoms with E-state index in [1.54, 1.807) is 7.05 Å². The van der Waals surface area contributed by atoms with E-state index in [-0.39, 0.29) is 11.2 Å². The van der Waals surface area contributed by atoms with Crippen LogP contribution in [0.1, 0.15) is 33.6 Å². The summed E-state index contributed by atoms with van der Waals surface area (Å²) in [5, 5.41) is 0. The van der Waals surface area contributed by atoms with E-state index in [0.29, 0.717) is 17.7 Å². The van der Waals surface area contributed by atoms with Crippen LogP contribution < -0.4 is 5.73 Å². The van der Waals surface area contributed by atoms with Gasteiger partial charge in [-0.2, -0.15) is 0 Å². The number of rotatable bonds is 2. The molecule has 0 aromatic heterocycles. The number of hydrogen-bond donors (Lipinski definition) is 1. The Morgan fingerprint density at radius 1 is 1.32 bits per heavy atom. The van der Waals surface area contributed by atoms with Crippen molar-refractivity contribution in [2.24, 2.45) is 16.1 Å². The maximum absolute atomic E-state index is 12.6. The first-order valence-corrected chi connectivity index (χ1v) is 6.56. The fourth-order valence-electron chi connectivity index (χ4n) is 2.33. The van der Waals surface area contributed by atoms with E-state index in [0.717, 1.165) is 17.7 Å². The molecule has 0 saturated heterocycles. The van der Waals surface area contributed by atoms with Crippen molar-refractivity contribution in [3.05, 3.63) is 23.0 Å². The summed E-state index contributed by atoms with van der Waals surface area (Å²) >= 11 is 0. The van der Waals surface area contributed by atoms with Crippen LogP contribution in [0.4, 0.5) is 0 Å². The van der Waals surface area contributed by atoms with Crippen molar-refractivity contribution in [3.63, 3.8) is 0 Å². The zero-order valence-electron chi connectivity index (χ0n) is 12.9. The van der Waals surface area contributed by atoms with E-state index in [2.05, 4.69) is 4.99 Å². The summed E-state index contributed by atoms with van der Waals surface area (Å²) < 4.78 is 0. The number of nitrogens with zero attached hydrogens (tertiary/aromatic N) is 2. The molecule has 0 unspecified atom stereocenters. The summed E-state index contributed by atoms with van der Waals surface area (Å²) in [6, 6.07) is 0. The number of nitrogens with two attached hydrogens (primary N) is 1. The van der Waals surface area contributed by atoms with Crippen LogP contribution in [0.3, 0.4) is 0 Å². The highest BCUT2D eigenvalue weighted by Gasteiger charge is 2.32. The molecule has 0 fully saturated rings. The Balaban J connectivity index is 3.29. The van der Waals surface area contributed by atoms with E-state index < -0.39 is 0 Å². The van der Waals surface area contributed by atoms with Gasteiger partial charge >= 0.3 is 0 Å². The van der Waals surface area contributed by atoms with Crippen LogP contribution in [0.15, 0.2) is 28.0 Å². The summed E-state index contributed by atoms with van der Waals surface area (Å²) in [5.41, 5.74) is 8.75. The standard InChI is InChI=1S/C15H25N3O/c1-15(2,3)14(17-4)12-11(16)8-7-10(13(12)19)9-18(5)6/h9H,7-8,16H2,1-6H3/b10-9+,17-14?. The fraction of sp³-hybridized carbons (Fsp3) is 0.600. The van der Waals surface area contributed by atoms with Gasteiger partial charge in [-0.25, -0.2) is 0 Å². The molecule has 0 heterocycles. The van der Waals surface area contributed by atoms with E-state index in [4.69, 9.17) is 5.73 Å². The summed E-state index contributed by atoms with van der Waals surface area (Å²) in [7, 11) is 5.55. The third kappa shape index (κ3) is 3.46. The molecule has 1 aliphatic carbocycles.